The first kappa shape index (κ1) is 21.3. The number of aliphatic carboxylic acids is 1. The highest BCUT2D eigenvalue weighted by molar-refractivity contribution is 6.30. The number of carbonyl (C=O) groups excluding carboxylic acids is 1. The maximum atomic E-state index is 12.8. The molecule has 0 saturated carbocycles. The average Bonchev–Trinajstić information content (AvgIpc) is 2.66. The van der Waals surface area contributed by atoms with Crippen LogP contribution in [0.25, 0.3) is 0 Å². The third-order valence-electron chi connectivity index (χ3n) is 4.02. The summed E-state index contributed by atoms with van der Waals surface area (Å²) in [4.78, 5) is 23.4. The number of hydrogen-bond donors (Lipinski definition) is 1. The zero-order valence-corrected chi connectivity index (χ0v) is 16.2. The highest BCUT2D eigenvalue weighted by atomic mass is 35.5. The normalized spacial score (nSPS) is 12.7. The number of carboxylic acid groups (broad SMARTS) is 1. The molecule has 0 aliphatic heterocycles. The minimum Gasteiger partial charge on any atom is -0.482 e. The van der Waals surface area contributed by atoms with E-state index in [9.17, 15) is 14.9 Å². The van der Waals surface area contributed by atoms with E-state index in [2.05, 4.69) is 0 Å². The van der Waals surface area contributed by atoms with Gasteiger partial charge in [-0.25, -0.2) is 4.79 Å². The lowest BCUT2D eigenvalue weighted by molar-refractivity contribution is -0.150. The number of esters is 1. The van der Waals surface area contributed by atoms with Crippen LogP contribution in [-0.2, 0) is 14.3 Å². The van der Waals surface area contributed by atoms with Gasteiger partial charge >= 0.3 is 11.9 Å². The van der Waals surface area contributed by atoms with Gasteiger partial charge in [0, 0.05) is 10.6 Å². The molecule has 0 aromatic heterocycles. The zero-order chi connectivity index (χ0) is 20.7. The van der Waals surface area contributed by atoms with Crippen LogP contribution < -0.4 is 4.74 Å². The number of rotatable bonds is 8. The van der Waals surface area contributed by atoms with Gasteiger partial charge < -0.3 is 14.6 Å². The molecule has 0 saturated heterocycles. The predicted molar refractivity (Wildman–Crippen MR) is 103 cm³/mol. The third-order valence-corrected chi connectivity index (χ3v) is 4.28. The van der Waals surface area contributed by atoms with Gasteiger partial charge in [0.15, 0.2) is 6.61 Å². The summed E-state index contributed by atoms with van der Waals surface area (Å²) in [6, 6.07) is 15.1. The third kappa shape index (κ3) is 5.73. The van der Waals surface area contributed by atoms with Crippen LogP contribution in [0.5, 0.6) is 5.75 Å². The Morgan fingerprint density at radius 1 is 1.14 bits per heavy atom. The van der Waals surface area contributed by atoms with Crippen molar-refractivity contribution < 1.29 is 24.2 Å². The topological polar surface area (TPSA) is 96.6 Å². The van der Waals surface area contributed by atoms with E-state index in [1.807, 2.05) is 19.9 Å². The quantitative estimate of drug-likeness (QED) is 0.660. The Labute approximate surface area is 168 Å². The summed E-state index contributed by atoms with van der Waals surface area (Å²) in [5.41, 5.74) is 1.15. The van der Waals surface area contributed by atoms with Crippen LogP contribution in [0.3, 0.4) is 0 Å². The van der Waals surface area contributed by atoms with E-state index in [-0.39, 0.29) is 11.7 Å². The maximum Gasteiger partial charge on any atom is 0.341 e. The number of halogens is 1. The Balaban J connectivity index is 2.19. The molecule has 28 heavy (non-hydrogen) atoms. The van der Waals surface area contributed by atoms with Crippen molar-refractivity contribution in [3.8, 4) is 11.8 Å². The van der Waals surface area contributed by atoms with Crippen molar-refractivity contribution >= 4 is 23.5 Å². The highest BCUT2D eigenvalue weighted by Gasteiger charge is 2.28. The van der Waals surface area contributed by atoms with E-state index in [4.69, 9.17) is 26.2 Å². The van der Waals surface area contributed by atoms with Crippen molar-refractivity contribution in [2.45, 2.75) is 25.9 Å². The largest absolute Gasteiger partial charge is 0.482 e. The molecule has 0 fully saturated rings. The van der Waals surface area contributed by atoms with E-state index in [1.165, 1.54) is 6.07 Å². The molecule has 0 amide bonds. The molecule has 6 nitrogen and oxygen atoms in total. The second kappa shape index (κ2) is 9.77. The summed E-state index contributed by atoms with van der Waals surface area (Å²) in [5, 5.41) is 18.7. The number of nitrogens with zero attached hydrogens (tertiary/aromatic N) is 1. The SMILES string of the molecule is CC(C)C(C(=O)OC(C#N)c1cccc(OCC(=O)O)c1)c1ccc(Cl)cc1. The molecule has 0 bridgehead atoms. The molecule has 2 aromatic carbocycles. The van der Waals surface area contributed by atoms with Crippen LogP contribution in [0.2, 0.25) is 5.02 Å². The van der Waals surface area contributed by atoms with Gasteiger partial charge in [0.1, 0.15) is 11.8 Å². The number of hydrogen-bond acceptors (Lipinski definition) is 5. The Morgan fingerprint density at radius 2 is 1.82 bits per heavy atom. The van der Waals surface area contributed by atoms with E-state index < -0.39 is 30.6 Å². The minimum atomic E-state index is -1.14. The summed E-state index contributed by atoms with van der Waals surface area (Å²) in [5.74, 6) is -1.98. The van der Waals surface area contributed by atoms with Crippen LogP contribution in [0.4, 0.5) is 0 Å². The molecule has 0 spiro atoms. The summed E-state index contributed by atoms with van der Waals surface area (Å²) >= 11 is 5.91. The molecule has 0 radical (unpaired) electrons. The van der Waals surface area contributed by atoms with E-state index in [0.717, 1.165) is 5.56 Å². The average molecular weight is 402 g/mol. The van der Waals surface area contributed by atoms with E-state index in [1.54, 1.807) is 42.5 Å². The van der Waals surface area contributed by atoms with Gasteiger partial charge in [0.25, 0.3) is 0 Å². The lowest BCUT2D eigenvalue weighted by Gasteiger charge is -2.22. The first-order chi connectivity index (χ1) is 13.3. The number of ether oxygens (including phenoxy) is 2. The molecule has 2 atom stereocenters. The maximum absolute atomic E-state index is 12.8. The van der Waals surface area contributed by atoms with Gasteiger partial charge in [-0.15, -0.1) is 0 Å². The molecule has 146 valence electrons. The zero-order valence-electron chi connectivity index (χ0n) is 15.5. The van der Waals surface area contributed by atoms with Crippen molar-refractivity contribution in [2.75, 3.05) is 6.61 Å². The Bertz CT molecular complexity index is 873. The molecule has 2 aromatic rings. The molecular formula is C21H20ClNO5. The minimum absolute atomic E-state index is 0.0572. The van der Waals surface area contributed by atoms with Gasteiger partial charge in [-0.3, -0.25) is 4.79 Å². The second-order valence-corrected chi connectivity index (χ2v) is 6.91. The van der Waals surface area contributed by atoms with Crippen molar-refractivity contribution in [1.29, 1.82) is 5.26 Å². The summed E-state index contributed by atoms with van der Waals surface area (Å²) < 4.78 is 10.6. The molecular weight excluding hydrogens is 382 g/mol. The Kier molecular flexibility index (Phi) is 7.42. The molecule has 7 heteroatoms. The van der Waals surface area contributed by atoms with Crippen LogP contribution in [-0.4, -0.2) is 23.7 Å². The van der Waals surface area contributed by atoms with Crippen molar-refractivity contribution in [3.05, 3.63) is 64.7 Å². The first-order valence-electron chi connectivity index (χ1n) is 8.62. The van der Waals surface area contributed by atoms with Crippen LogP contribution >= 0.6 is 11.6 Å². The highest BCUT2D eigenvalue weighted by Crippen LogP contribution is 2.30. The Morgan fingerprint density at radius 3 is 2.39 bits per heavy atom. The number of benzene rings is 2. The van der Waals surface area contributed by atoms with Gasteiger partial charge in [0.05, 0.1) is 5.92 Å². The van der Waals surface area contributed by atoms with Gasteiger partial charge in [-0.2, -0.15) is 5.26 Å². The molecule has 2 rings (SSSR count). The monoisotopic (exact) mass is 401 g/mol. The van der Waals surface area contributed by atoms with Crippen molar-refractivity contribution in [2.24, 2.45) is 5.92 Å². The number of nitriles is 1. The van der Waals surface area contributed by atoms with Crippen molar-refractivity contribution in [3.63, 3.8) is 0 Å². The summed E-state index contributed by atoms with van der Waals surface area (Å²) in [7, 11) is 0. The lowest BCUT2D eigenvalue weighted by Crippen LogP contribution is -2.22. The number of carbonyl (C=O) groups is 2. The smallest absolute Gasteiger partial charge is 0.341 e. The molecule has 0 aliphatic rings. The van der Waals surface area contributed by atoms with Crippen LogP contribution in [0.15, 0.2) is 48.5 Å². The Hall–Kier alpha value is -3.04. The summed E-state index contributed by atoms with van der Waals surface area (Å²) in [6.45, 7) is 3.27. The van der Waals surface area contributed by atoms with E-state index >= 15 is 0 Å². The van der Waals surface area contributed by atoms with E-state index in [0.29, 0.717) is 10.6 Å². The molecule has 2 unspecified atom stereocenters. The molecule has 0 heterocycles. The molecule has 0 aliphatic carbocycles. The van der Waals surface area contributed by atoms with Gasteiger partial charge in [-0.1, -0.05) is 49.7 Å². The van der Waals surface area contributed by atoms with Crippen LogP contribution in [0, 0.1) is 17.2 Å². The van der Waals surface area contributed by atoms with Gasteiger partial charge in [0.2, 0.25) is 6.10 Å². The van der Waals surface area contributed by atoms with Gasteiger partial charge in [-0.05, 0) is 35.7 Å². The fraction of sp³-hybridized carbons (Fsp3) is 0.286. The predicted octanol–water partition coefficient (Wildman–Crippen LogP) is 4.35. The fourth-order valence-electron chi connectivity index (χ4n) is 2.73. The standard InChI is InChI=1S/C21H20ClNO5/c1-13(2)20(14-6-8-16(22)9-7-14)21(26)28-18(11-23)15-4-3-5-17(10-15)27-12-19(24)25/h3-10,13,18,20H,12H2,1-2H3,(H,24,25). The first-order valence-corrected chi connectivity index (χ1v) is 8.99. The second-order valence-electron chi connectivity index (χ2n) is 6.47. The summed E-state index contributed by atoms with van der Waals surface area (Å²) in [6.07, 6.45) is -1.14. The molecule has 1 N–H and O–H groups in total. The number of carboxylic acids is 1. The van der Waals surface area contributed by atoms with Crippen molar-refractivity contribution in [1.82, 2.24) is 0 Å². The van der Waals surface area contributed by atoms with Crippen LogP contribution in [0.1, 0.15) is 37.0 Å². The lowest BCUT2D eigenvalue weighted by atomic mass is 9.88. The fourth-order valence-corrected chi connectivity index (χ4v) is 2.86.